The molecule has 0 aliphatic heterocycles. The Balaban J connectivity index is 1.80. The minimum Gasteiger partial charge on any atom is -0.465 e. The molecule has 1 aromatic heterocycles. The second kappa shape index (κ2) is 11.3. The van der Waals surface area contributed by atoms with E-state index in [9.17, 15) is 14.4 Å². The van der Waals surface area contributed by atoms with Crippen LogP contribution in [0.2, 0.25) is 0 Å². The number of benzene rings is 2. The van der Waals surface area contributed by atoms with Crippen molar-refractivity contribution in [3.8, 4) is 11.4 Å². The van der Waals surface area contributed by atoms with Crippen molar-refractivity contribution in [2.24, 2.45) is 0 Å². The lowest BCUT2D eigenvalue weighted by molar-refractivity contribution is -0.113. The molecular formula is C24H24N4O5S. The van der Waals surface area contributed by atoms with Crippen LogP contribution in [0.3, 0.4) is 0 Å². The van der Waals surface area contributed by atoms with Gasteiger partial charge in [-0.2, -0.15) is 0 Å². The fourth-order valence-electron chi connectivity index (χ4n) is 3.21. The lowest BCUT2D eigenvalue weighted by atomic mass is 10.1. The predicted molar refractivity (Wildman–Crippen MR) is 129 cm³/mol. The van der Waals surface area contributed by atoms with Gasteiger partial charge in [-0.1, -0.05) is 42.1 Å². The number of methoxy groups -OCH3 is 2. The molecule has 0 atom stereocenters. The van der Waals surface area contributed by atoms with Gasteiger partial charge in [-0.05, 0) is 30.7 Å². The molecule has 0 saturated heterocycles. The SMILES string of the molecule is C=CCn1c(SCC(=O)Nc2cc(C(=O)OC)ccc2C(=O)OC)nnc1-c1ccccc1C. The van der Waals surface area contributed by atoms with Gasteiger partial charge >= 0.3 is 11.9 Å². The van der Waals surface area contributed by atoms with E-state index >= 15 is 0 Å². The summed E-state index contributed by atoms with van der Waals surface area (Å²) in [6.07, 6.45) is 1.73. The van der Waals surface area contributed by atoms with Crippen molar-refractivity contribution in [1.82, 2.24) is 14.8 Å². The Bertz CT molecular complexity index is 1240. The molecule has 1 amide bonds. The van der Waals surface area contributed by atoms with Crippen molar-refractivity contribution >= 4 is 35.3 Å². The first-order valence-electron chi connectivity index (χ1n) is 10.2. The number of nitrogens with one attached hydrogen (secondary N) is 1. The Morgan fingerprint density at radius 3 is 2.50 bits per heavy atom. The zero-order valence-electron chi connectivity index (χ0n) is 19.0. The highest BCUT2D eigenvalue weighted by Gasteiger charge is 2.19. The number of nitrogens with zero attached hydrogens (tertiary/aromatic N) is 3. The van der Waals surface area contributed by atoms with Gasteiger partial charge in [0.05, 0.1) is 36.8 Å². The number of aryl methyl sites for hydroxylation is 1. The van der Waals surface area contributed by atoms with E-state index in [1.807, 2.05) is 35.8 Å². The van der Waals surface area contributed by atoms with Crippen molar-refractivity contribution in [1.29, 1.82) is 0 Å². The predicted octanol–water partition coefficient (Wildman–Crippen LogP) is 3.74. The maximum atomic E-state index is 12.7. The lowest BCUT2D eigenvalue weighted by Gasteiger charge is -2.12. The van der Waals surface area contributed by atoms with Gasteiger partial charge in [0.25, 0.3) is 0 Å². The van der Waals surface area contributed by atoms with Crippen molar-refractivity contribution in [3.63, 3.8) is 0 Å². The van der Waals surface area contributed by atoms with Crippen molar-refractivity contribution in [3.05, 3.63) is 71.8 Å². The molecule has 0 aliphatic carbocycles. The second-order valence-corrected chi connectivity index (χ2v) is 8.04. The number of hydrogen-bond acceptors (Lipinski definition) is 8. The number of anilines is 1. The van der Waals surface area contributed by atoms with Crippen LogP contribution in [-0.2, 0) is 20.8 Å². The van der Waals surface area contributed by atoms with Gasteiger partial charge in [0.2, 0.25) is 5.91 Å². The van der Waals surface area contributed by atoms with Gasteiger partial charge in [0.15, 0.2) is 11.0 Å². The summed E-state index contributed by atoms with van der Waals surface area (Å²) in [6.45, 7) is 6.26. The van der Waals surface area contributed by atoms with Gasteiger partial charge in [-0.25, -0.2) is 9.59 Å². The number of rotatable bonds is 9. The number of allylic oxidation sites excluding steroid dienone is 1. The number of esters is 2. The fraction of sp³-hybridized carbons (Fsp3) is 0.208. The standard InChI is InChI=1S/C24H24N4O5S/c1-5-12-28-21(17-9-7-6-8-15(17)2)26-27-24(28)34-14-20(29)25-19-13-16(22(30)32-3)10-11-18(19)23(31)33-4/h5-11,13H,1,12,14H2,2-4H3,(H,25,29). The van der Waals surface area contributed by atoms with Gasteiger partial charge in [0, 0.05) is 12.1 Å². The van der Waals surface area contributed by atoms with Crippen LogP contribution in [0.5, 0.6) is 0 Å². The molecule has 9 nitrogen and oxygen atoms in total. The highest BCUT2D eigenvalue weighted by Crippen LogP contribution is 2.27. The van der Waals surface area contributed by atoms with Crippen LogP contribution in [0.1, 0.15) is 26.3 Å². The molecule has 3 aromatic rings. The average Bonchev–Trinajstić information content (AvgIpc) is 3.24. The van der Waals surface area contributed by atoms with Crippen LogP contribution in [0.25, 0.3) is 11.4 Å². The van der Waals surface area contributed by atoms with E-state index in [1.54, 1.807) is 6.08 Å². The molecule has 2 aromatic carbocycles. The minimum absolute atomic E-state index is 0.00782. The molecule has 1 heterocycles. The van der Waals surface area contributed by atoms with Gasteiger partial charge in [-0.3, -0.25) is 9.36 Å². The van der Waals surface area contributed by atoms with Gasteiger partial charge in [-0.15, -0.1) is 16.8 Å². The summed E-state index contributed by atoms with van der Waals surface area (Å²) < 4.78 is 11.4. The van der Waals surface area contributed by atoms with Crippen LogP contribution in [0.15, 0.2) is 60.3 Å². The summed E-state index contributed by atoms with van der Waals surface area (Å²) in [5, 5.41) is 11.8. The Hall–Kier alpha value is -3.92. The van der Waals surface area contributed by atoms with E-state index in [2.05, 4.69) is 22.1 Å². The van der Waals surface area contributed by atoms with Crippen molar-refractivity contribution < 1.29 is 23.9 Å². The molecule has 0 radical (unpaired) electrons. The summed E-state index contributed by atoms with van der Waals surface area (Å²) in [7, 11) is 2.48. The Labute approximate surface area is 201 Å². The van der Waals surface area contributed by atoms with Gasteiger partial charge < -0.3 is 14.8 Å². The Morgan fingerprint density at radius 2 is 1.82 bits per heavy atom. The van der Waals surface area contributed by atoms with Crippen molar-refractivity contribution in [2.75, 3.05) is 25.3 Å². The number of aromatic nitrogens is 3. The second-order valence-electron chi connectivity index (χ2n) is 7.10. The molecule has 176 valence electrons. The van der Waals surface area contributed by atoms with Crippen LogP contribution < -0.4 is 5.32 Å². The third-order valence-corrected chi connectivity index (χ3v) is 5.83. The molecule has 3 rings (SSSR count). The van der Waals surface area contributed by atoms with E-state index in [0.29, 0.717) is 17.5 Å². The van der Waals surface area contributed by atoms with E-state index in [1.165, 1.54) is 44.2 Å². The zero-order valence-corrected chi connectivity index (χ0v) is 19.8. The van der Waals surface area contributed by atoms with Crippen LogP contribution in [0, 0.1) is 6.92 Å². The molecule has 0 spiro atoms. The molecule has 34 heavy (non-hydrogen) atoms. The summed E-state index contributed by atoms with van der Waals surface area (Å²) in [6, 6.07) is 12.0. The van der Waals surface area contributed by atoms with E-state index in [4.69, 9.17) is 9.47 Å². The zero-order chi connectivity index (χ0) is 24.7. The smallest absolute Gasteiger partial charge is 0.339 e. The quantitative estimate of drug-likeness (QED) is 0.280. The third-order valence-electron chi connectivity index (χ3n) is 4.87. The molecule has 0 unspecified atom stereocenters. The first kappa shape index (κ1) is 24.7. The first-order valence-corrected chi connectivity index (χ1v) is 11.2. The highest BCUT2D eigenvalue weighted by molar-refractivity contribution is 7.99. The van der Waals surface area contributed by atoms with Crippen LogP contribution in [0.4, 0.5) is 5.69 Å². The van der Waals surface area contributed by atoms with E-state index in [0.717, 1.165) is 11.1 Å². The Kier molecular flexibility index (Phi) is 8.20. The normalized spacial score (nSPS) is 10.4. The third kappa shape index (κ3) is 5.52. The number of carbonyl (C=O) groups is 3. The molecule has 1 N–H and O–H groups in total. The largest absolute Gasteiger partial charge is 0.465 e. The molecular weight excluding hydrogens is 456 g/mol. The van der Waals surface area contributed by atoms with Gasteiger partial charge in [0.1, 0.15) is 0 Å². The summed E-state index contributed by atoms with van der Waals surface area (Å²) in [5.41, 5.74) is 2.44. The number of amides is 1. The fourth-order valence-corrected chi connectivity index (χ4v) is 3.96. The molecule has 10 heteroatoms. The molecule has 0 aliphatic rings. The minimum atomic E-state index is -0.645. The van der Waals surface area contributed by atoms with E-state index in [-0.39, 0.29) is 22.6 Å². The van der Waals surface area contributed by atoms with Crippen LogP contribution >= 0.6 is 11.8 Å². The maximum absolute atomic E-state index is 12.7. The molecule has 0 saturated carbocycles. The number of thioether (sulfide) groups is 1. The summed E-state index contributed by atoms with van der Waals surface area (Å²) >= 11 is 1.19. The first-order chi connectivity index (χ1) is 16.4. The van der Waals surface area contributed by atoms with Crippen molar-refractivity contribution in [2.45, 2.75) is 18.6 Å². The Morgan fingerprint density at radius 1 is 1.09 bits per heavy atom. The highest BCUT2D eigenvalue weighted by atomic mass is 32.2. The molecule has 0 fully saturated rings. The lowest BCUT2D eigenvalue weighted by Crippen LogP contribution is -2.18. The number of carbonyl (C=O) groups excluding carboxylic acids is 3. The maximum Gasteiger partial charge on any atom is 0.339 e. The molecule has 0 bridgehead atoms. The number of hydrogen-bond donors (Lipinski definition) is 1. The van der Waals surface area contributed by atoms with Crippen LogP contribution in [-0.4, -0.2) is 52.6 Å². The monoisotopic (exact) mass is 480 g/mol. The topological polar surface area (TPSA) is 112 Å². The summed E-state index contributed by atoms with van der Waals surface area (Å²) in [4.78, 5) is 36.7. The van der Waals surface area contributed by atoms with E-state index < -0.39 is 17.8 Å². The number of ether oxygens (including phenoxy) is 2. The summed E-state index contributed by atoms with van der Waals surface area (Å²) in [5.74, 6) is -0.968. The average molecular weight is 481 g/mol.